The summed E-state index contributed by atoms with van der Waals surface area (Å²) < 4.78 is 40.8. The van der Waals surface area contributed by atoms with E-state index in [1.54, 1.807) is 0 Å². The van der Waals surface area contributed by atoms with Gasteiger partial charge in [-0.25, -0.2) is 0 Å². The lowest BCUT2D eigenvalue weighted by Crippen LogP contribution is -2.58. The molecule has 120 valence electrons. The minimum atomic E-state index is -4.23. The second kappa shape index (κ2) is 8.20. The maximum absolute atomic E-state index is 12.0. The molecule has 1 fully saturated rings. The van der Waals surface area contributed by atoms with Gasteiger partial charge in [-0.1, -0.05) is 27.2 Å². The molecule has 1 saturated heterocycles. The molecule has 6 heteroatoms. The van der Waals surface area contributed by atoms with Crippen LogP contribution < -0.4 is 5.32 Å². The monoisotopic (exact) mass is 296 g/mol. The van der Waals surface area contributed by atoms with Crippen LogP contribution in [0.25, 0.3) is 0 Å². The van der Waals surface area contributed by atoms with Crippen LogP contribution in [0.2, 0.25) is 0 Å². The van der Waals surface area contributed by atoms with Crippen molar-refractivity contribution >= 4 is 0 Å². The van der Waals surface area contributed by atoms with E-state index >= 15 is 0 Å². The SMILES string of the molecule is CCC(C)C1CN(CCOCC(F)(F)F)C(CC)CN1. The van der Waals surface area contributed by atoms with Gasteiger partial charge in [0.15, 0.2) is 0 Å². The molecule has 20 heavy (non-hydrogen) atoms. The van der Waals surface area contributed by atoms with Gasteiger partial charge in [-0.05, 0) is 12.3 Å². The Morgan fingerprint density at radius 3 is 2.60 bits per heavy atom. The van der Waals surface area contributed by atoms with Gasteiger partial charge in [-0.2, -0.15) is 13.2 Å². The first-order valence-corrected chi connectivity index (χ1v) is 7.49. The highest BCUT2D eigenvalue weighted by molar-refractivity contribution is 4.87. The van der Waals surface area contributed by atoms with Crippen molar-refractivity contribution < 1.29 is 17.9 Å². The van der Waals surface area contributed by atoms with Crippen LogP contribution in [0.3, 0.4) is 0 Å². The molecule has 0 aromatic carbocycles. The van der Waals surface area contributed by atoms with Crippen molar-refractivity contribution in [1.29, 1.82) is 0 Å². The number of nitrogens with one attached hydrogen (secondary N) is 1. The van der Waals surface area contributed by atoms with Crippen LogP contribution in [-0.2, 0) is 4.74 Å². The van der Waals surface area contributed by atoms with Gasteiger partial charge in [0, 0.05) is 31.7 Å². The lowest BCUT2D eigenvalue weighted by molar-refractivity contribution is -0.175. The molecule has 1 rings (SSSR count). The van der Waals surface area contributed by atoms with Gasteiger partial charge in [0.2, 0.25) is 0 Å². The van der Waals surface area contributed by atoms with E-state index in [0.717, 1.165) is 25.9 Å². The predicted octanol–water partition coefficient (Wildman–Crippen LogP) is 2.66. The van der Waals surface area contributed by atoms with Crippen molar-refractivity contribution in [2.75, 3.05) is 32.8 Å². The molecule has 0 bridgehead atoms. The molecular formula is C14H27F3N2O. The third-order valence-electron chi connectivity index (χ3n) is 4.15. The Bertz CT molecular complexity index is 274. The summed E-state index contributed by atoms with van der Waals surface area (Å²) >= 11 is 0. The fourth-order valence-corrected chi connectivity index (χ4v) is 2.59. The number of alkyl halides is 3. The zero-order valence-electron chi connectivity index (χ0n) is 12.7. The highest BCUT2D eigenvalue weighted by atomic mass is 19.4. The molecule has 1 aliphatic rings. The molecule has 0 aromatic rings. The molecule has 1 N–H and O–H groups in total. The van der Waals surface area contributed by atoms with E-state index < -0.39 is 12.8 Å². The van der Waals surface area contributed by atoms with Crippen molar-refractivity contribution in [3.8, 4) is 0 Å². The molecule has 0 spiro atoms. The first-order valence-electron chi connectivity index (χ1n) is 7.49. The maximum Gasteiger partial charge on any atom is 0.411 e. The van der Waals surface area contributed by atoms with Crippen LogP contribution in [0, 0.1) is 5.92 Å². The third kappa shape index (κ3) is 5.97. The minimum Gasteiger partial charge on any atom is -0.371 e. The van der Waals surface area contributed by atoms with E-state index in [2.05, 4.69) is 31.0 Å². The predicted molar refractivity (Wildman–Crippen MR) is 73.8 cm³/mol. The summed E-state index contributed by atoms with van der Waals surface area (Å²) in [5.74, 6) is 0.575. The molecular weight excluding hydrogens is 269 g/mol. The molecule has 1 heterocycles. The first-order chi connectivity index (χ1) is 9.37. The zero-order chi connectivity index (χ0) is 15.2. The topological polar surface area (TPSA) is 24.5 Å². The Labute approximate surface area is 119 Å². The molecule has 3 unspecified atom stereocenters. The average molecular weight is 296 g/mol. The van der Waals surface area contributed by atoms with Gasteiger partial charge >= 0.3 is 6.18 Å². The molecule has 0 radical (unpaired) electrons. The summed E-state index contributed by atoms with van der Waals surface area (Å²) in [6, 6.07) is 0.815. The Hall–Kier alpha value is -0.330. The number of hydrogen-bond acceptors (Lipinski definition) is 3. The maximum atomic E-state index is 12.0. The van der Waals surface area contributed by atoms with Gasteiger partial charge in [0.05, 0.1) is 6.61 Å². The molecule has 0 aliphatic carbocycles. The Morgan fingerprint density at radius 1 is 1.35 bits per heavy atom. The number of halogens is 3. The van der Waals surface area contributed by atoms with E-state index in [1.807, 2.05) is 0 Å². The Kier molecular flexibility index (Phi) is 7.26. The molecule has 3 nitrogen and oxygen atoms in total. The van der Waals surface area contributed by atoms with Crippen molar-refractivity contribution in [1.82, 2.24) is 10.2 Å². The second-order valence-electron chi connectivity index (χ2n) is 5.63. The highest BCUT2D eigenvalue weighted by Crippen LogP contribution is 2.18. The van der Waals surface area contributed by atoms with E-state index in [-0.39, 0.29) is 6.61 Å². The summed E-state index contributed by atoms with van der Waals surface area (Å²) in [5, 5.41) is 3.55. The quantitative estimate of drug-likeness (QED) is 0.731. The van der Waals surface area contributed by atoms with Gasteiger partial charge in [-0.3, -0.25) is 4.90 Å². The summed E-state index contributed by atoms with van der Waals surface area (Å²) in [6.45, 7) is 7.85. The lowest BCUT2D eigenvalue weighted by Gasteiger charge is -2.42. The van der Waals surface area contributed by atoms with Crippen molar-refractivity contribution in [3.05, 3.63) is 0 Å². The Morgan fingerprint density at radius 2 is 2.05 bits per heavy atom. The fourth-order valence-electron chi connectivity index (χ4n) is 2.59. The number of piperazine rings is 1. The first kappa shape index (κ1) is 17.7. The van der Waals surface area contributed by atoms with Gasteiger partial charge in [0.25, 0.3) is 0 Å². The summed E-state index contributed by atoms with van der Waals surface area (Å²) in [5.41, 5.74) is 0. The second-order valence-corrected chi connectivity index (χ2v) is 5.63. The molecule has 1 aliphatic heterocycles. The molecule has 0 amide bonds. The van der Waals surface area contributed by atoms with Crippen LogP contribution in [0.15, 0.2) is 0 Å². The zero-order valence-corrected chi connectivity index (χ0v) is 12.7. The number of hydrogen-bond donors (Lipinski definition) is 1. The van der Waals surface area contributed by atoms with Crippen LogP contribution in [0.1, 0.15) is 33.6 Å². The smallest absolute Gasteiger partial charge is 0.371 e. The number of rotatable bonds is 7. The standard InChI is InChI=1S/C14H27F3N2O/c1-4-11(3)13-9-19(12(5-2)8-18-13)6-7-20-10-14(15,16)17/h11-13,18H,4-10H2,1-3H3. The molecule has 0 aromatic heterocycles. The summed E-state index contributed by atoms with van der Waals surface area (Å²) in [7, 11) is 0. The summed E-state index contributed by atoms with van der Waals surface area (Å²) in [6.07, 6.45) is -2.13. The average Bonchev–Trinajstić information content (AvgIpc) is 2.41. The van der Waals surface area contributed by atoms with Crippen LogP contribution in [0.4, 0.5) is 13.2 Å². The van der Waals surface area contributed by atoms with E-state index in [0.29, 0.717) is 24.5 Å². The van der Waals surface area contributed by atoms with Crippen molar-refractivity contribution in [2.45, 2.75) is 51.9 Å². The number of nitrogens with zero attached hydrogens (tertiary/aromatic N) is 1. The van der Waals surface area contributed by atoms with Crippen LogP contribution in [-0.4, -0.2) is 56.0 Å². The van der Waals surface area contributed by atoms with Gasteiger partial charge in [-0.15, -0.1) is 0 Å². The third-order valence-corrected chi connectivity index (χ3v) is 4.15. The minimum absolute atomic E-state index is 0.142. The van der Waals surface area contributed by atoms with Crippen LogP contribution >= 0.6 is 0 Å². The lowest BCUT2D eigenvalue weighted by atomic mass is 9.95. The normalized spacial score (nSPS) is 26.7. The van der Waals surface area contributed by atoms with E-state index in [1.165, 1.54) is 0 Å². The van der Waals surface area contributed by atoms with Crippen LogP contribution in [0.5, 0.6) is 0 Å². The van der Waals surface area contributed by atoms with Gasteiger partial charge < -0.3 is 10.1 Å². The van der Waals surface area contributed by atoms with E-state index in [4.69, 9.17) is 4.74 Å². The summed E-state index contributed by atoms with van der Waals surface area (Å²) in [4.78, 5) is 2.27. The van der Waals surface area contributed by atoms with Gasteiger partial charge in [0.1, 0.15) is 6.61 Å². The molecule has 3 atom stereocenters. The molecule has 0 saturated carbocycles. The van der Waals surface area contributed by atoms with Crippen molar-refractivity contribution in [3.63, 3.8) is 0 Å². The van der Waals surface area contributed by atoms with Crippen molar-refractivity contribution in [2.24, 2.45) is 5.92 Å². The van der Waals surface area contributed by atoms with E-state index in [9.17, 15) is 13.2 Å². The number of ether oxygens (including phenoxy) is 1. The Balaban J connectivity index is 2.38. The fraction of sp³-hybridized carbons (Fsp3) is 1.00. The largest absolute Gasteiger partial charge is 0.411 e. The highest BCUT2D eigenvalue weighted by Gasteiger charge is 2.30.